The molecule has 1 fully saturated rings. The van der Waals surface area contributed by atoms with Crippen LogP contribution >= 0.6 is 0 Å². The van der Waals surface area contributed by atoms with Gasteiger partial charge >= 0.3 is 0 Å². The molecule has 0 spiro atoms. The third-order valence-corrected chi connectivity index (χ3v) is 8.78. The van der Waals surface area contributed by atoms with E-state index in [0.717, 1.165) is 48.7 Å². The third-order valence-electron chi connectivity index (χ3n) is 8.78. The van der Waals surface area contributed by atoms with Gasteiger partial charge in [0.05, 0.1) is 26.8 Å². The number of carbonyl (C=O) groups is 2. The molecule has 0 radical (unpaired) electrons. The number of hydrogen-bond donors (Lipinski definition) is 1. The van der Waals surface area contributed by atoms with Gasteiger partial charge in [-0.05, 0) is 74.1 Å². The molecule has 4 aromatic rings. The van der Waals surface area contributed by atoms with Crippen LogP contribution in [0.15, 0.2) is 60.7 Å². The van der Waals surface area contributed by atoms with Crippen molar-refractivity contribution in [2.45, 2.75) is 70.5 Å². The first kappa shape index (κ1) is 31.8. The molecule has 0 unspecified atom stereocenters. The van der Waals surface area contributed by atoms with Crippen LogP contribution in [0.4, 0.5) is 0 Å². The number of aryl methyl sites for hydroxylation is 1. The number of carbonyl (C=O) groups excluding carboxylic acids is 2. The van der Waals surface area contributed by atoms with Crippen LogP contribution < -0.4 is 19.5 Å². The fraction of sp³-hybridized carbons (Fsp3) is 0.429. The van der Waals surface area contributed by atoms with Crippen LogP contribution in [0.5, 0.6) is 17.2 Å². The summed E-state index contributed by atoms with van der Waals surface area (Å²) in [4.78, 5) is 30.8. The lowest BCUT2D eigenvalue weighted by atomic mass is 9.94. The van der Waals surface area contributed by atoms with Gasteiger partial charge in [0.2, 0.25) is 17.6 Å². The number of benzene rings is 3. The standard InChI is InChI=1S/C35H43N5O5/c1-23-13-9-10-14-25(23)19-20-39(35(42)24(2)40-29-18-12-11-17-28(29)37-38-40)32(34(41)36-27-15-7-6-8-16-27)26-21-30(43-3)33(45-5)31(22-26)44-4/h9-14,17-18,21-22,24,27,32H,6-8,15-16,19-20H2,1-5H3,(H,36,41)/t24-,32+/m0/s1. The van der Waals surface area contributed by atoms with Gasteiger partial charge in [-0.2, -0.15) is 0 Å². The van der Waals surface area contributed by atoms with Crippen molar-refractivity contribution >= 4 is 22.8 Å². The molecule has 0 bridgehead atoms. The Kier molecular flexibility index (Phi) is 10.2. The van der Waals surface area contributed by atoms with Crippen molar-refractivity contribution in [3.63, 3.8) is 0 Å². The maximum atomic E-state index is 14.7. The van der Waals surface area contributed by atoms with Gasteiger partial charge in [-0.25, -0.2) is 4.68 Å². The Morgan fingerprint density at radius 2 is 1.62 bits per heavy atom. The quantitative estimate of drug-likeness (QED) is 0.222. The Balaban J connectivity index is 1.61. The lowest BCUT2D eigenvalue weighted by molar-refractivity contribution is -0.143. The van der Waals surface area contributed by atoms with E-state index in [2.05, 4.69) is 34.7 Å². The van der Waals surface area contributed by atoms with E-state index in [9.17, 15) is 9.59 Å². The van der Waals surface area contributed by atoms with Gasteiger partial charge in [0.15, 0.2) is 11.5 Å². The SMILES string of the molecule is COc1cc([C@H](C(=O)NC2CCCCC2)N(CCc2ccccc2C)C(=O)[C@H](C)n2nnc3ccccc32)cc(OC)c1OC. The van der Waals surface area contributed by atoms with Gasteiger partial charge in [0.1, 0.15) is 17.6 Å². The molecule has 3 aromatic carbocycles. The zero-order valence-corrected chi connectivity index (χ0v) is 26.8. The largest absolute Gasteiger partial charge is 0.493 e. The van der Waals surface area contributed by atoms with E-state index in [1.165, 1.54) is 21.3 Å². The van der Waals surface area contributed by atoms with Crippen molar-refractivity contribution in [3.05, 3.63) is 77.4 Å². The normalized spacial score (nSPS) is 14.9. The molecule has 1 aromatic heterocycles. The van der Waals surface area contributed by atoms with E-state index >= 15 is 0 Å². The lowest BCUT2D eigenvalue weighted by Crippen LogP contribution is -2.49. The second-order valence-corrected chi connectivity index (χ2v) is 11.6. The zero-order valence-electron chi connectivity index (χ0n) is 26.8. The number of aromatic nitrogens is 3. The highest BCUT2D eigenvalue weighted by atomic mass is 16.5. The topological polar surface area (TPSA) is 108 Å². The third kappa shape index (κ3) is 6.90. The number of ether oxygens (including phenoxy) is 3. The number of para-hydroxylation sites is 1. The predicted molar refractivity (Wildman–Crippen MR) is 173 cm³/mol. The maximum Gasteiger partial charge on any atom is 0.248 e. The molecule has 45 heavy (non-hydrogen) atoms. The number of rotatable bonds is 12. The van der Waals surface area contributed by atoms with Crippen LogP contribution in [-0.2, 0) is 16.0 Å². The number of fused-ring (bicyclic) bond motifs is 1. The summed E-state index contributed by atoms with van der Waals surface area (Å²) in [5, 5.41) is 11.9. The summed E-state index contributed by atoms with van der Waals surface area (Å²) in [5.41, 5.74) is 4.22. The summed E-state index contributed by atoms with van der Waals surface area (Å²) < 4.78 is 18.6. The van der Waals surface area contributed by atoms with Crippen LogP contribution in [-0.4, -0.2) is 65.6 Å². The molecule has 10 heteroatoms. The molecule has 2 amide bonds. The monoisotopic (exact) mass is 613 g/mol. The Morgan fingerprint density at radius 1 is 0.956 bits per heavy atom. The number of nitrogens with zero attached hydrogens (tertiary/aromatic N) is 4. The molecular formula is C35H43N5O5. The van der Waals surface area contributed by atoms with Gasteiger partial charge in [-0.15, -0.1) is 5.10 Å². The first-order valence-corrected chi connectivity index (χ1v) is 15.6. The van der Waals surface area contributed by atoms with E-state index in [-0.39, 0.29) is 17.9 Å². The number of methoxy groups -OCH3 is 3. The fourth-order valence-electron chi connectivity index (χ4n) is 6.27. The average molecular weight is 614 g/mol. The molecule has 1 saturated carbocycles. The average Bonchev–Trinajstić information content (AvgIpc) is 3.50. The van der Waals surface area contributed by atoms with Crippen LogP contribution in [0, 0.1) is 6.92 Å². The Labute approximate surface area is 264 Å². The molecule has 5 rings (SSSR count). The summed E-state index contributed by atoms with van der Waals surface area (Å²) in [6, 6.07) is 17.5. The molecule has 0 aliphatic heterocycles. The van der Waals surface area contributed by atoms with E-state index in [4.69, 9.17) is 14.2 Å². The first-order valence-electron chi connectivity index (χ1n) is 15.6. The Morgan fingerprint density at radius 3 is 2.29 bits per heavy atom. The number of hydrogen-bond acceptors (Lipinski definition) is 7. The number of nitrogens with one attached hydrogen (secondary N) is 1. The second-order valence-electron chi connectivity index (χ2n) is 11.6. The second kappa shape index (κ2) is 14.5. The van der Waals surface area contributed by atoms with Crippen molar-refractivity contribution in [1.82, 2.24) is 25.2 Å². The molecular weight excluding hydrogens is 570 g/mol. The summed E-state index contributed by atoms with van der Waals surface area (Å²) in [6.45, 7) is 4.15. The lowest BCUT2D eigenvalue weighted by Gasteiger charge is -2.35. The smallest absolute Gasteiger partial charge is 0.248 e. The number of amides is 2. The highest BCUT2D eigenvalue weighted by molar-refractivity contribution is 5.91. The molecule has 10 nitrogen and oxygen atoms in total. The van der Waals surface area contributed by atoms with Crippen LogP contribution in [0.1, 0.15) is 67.8 Å². The van der Waals surface area contributed by atoms with Crippen LogP contribution in [0.2, 0.25) is 0 Å². The summed E-state index contributed by atoms with van der Waals surface area (Å²) in [7, 11) is 4.61. The summed E-state index contributed by atoms with van der Waals surface area (Å²) in [5.74, 6) is 0.727. The van der Waals surface area contributed by atoms with Crippen molar-refractivity contribution in [1.29, 1.82) is 0 Å². The maximum absolute atomic E-state index is 14.7. The van der Waals surface area contributed by atoms with E-state index in [0.29, 0.717) is 41.3 Å². The highest BCUT2D eigenvalue weighted by Crippen LogP contribution is 2.41. The van der Waals surface area contributed by atoms with E-state index < -0.39 is 12.1 Å². The van der Waals surface area contributed by atoms with Crippen molar-refractivity contribution in [2.24, 2.45) is 0 Å². The van der Waals surface area contributed by atoms with Crippen LogP contribution in [0.3, 0.4) is 0 Å². The van der Waals surface area contributed by atoms with E-state index in [1.807, 2.05) is 36.4 Å². The molecule has 1 aliphatic carbocycles. The summed E-state index contributed by atoms with van der Waals surface area (Å²) in [6.07, 6.45) is 5.66. The van der Waals surface area contributed by atoms with Gasteiger partial charge in [0.25, 0.3) is 0 Å². The minimum atomic E-state index is -0.977. The van der Waals surface area contributed by atoms with Gasteiger partial charge in [0, 0.05) is 12.6 Å². The van der Waals surface area contributed by atoms with Gasteiger partial charge in [-0.3, -0.25) is 9.59 Å². The molecule has 2 atom stereocenters. The highest BCUT2D eigenvalue weighted by Gasteiger charge is 2.37. The van der Waals surface area contributed by atoms with Gasteiger partial charge < -0.3 is 24.4 Å². The van der Waals surface area contributed by atoms with Crippen molar-refractivity contribution < 1.29 is 23.8 Å². The zero-order chi connectivity index (χ0) is 31.9. The molecule has 1 aliphatic rings. The molecule has 1 N–H and O–H groups in total. The van der Waals surface area contributed by atoms with E-state index in [1.54, 1.807) is 28.6 Å². The Bertz CT molecular complexity index is 1600. The first-order chi connectivity index (χ1) is 21.9. The Hall–Kier alpha value is -4.60. The predicted octanol–water partition coefficient (Wildman–Crippen LogP) is 5.59. The van der Waals surface area contributed by atoms with Crippen LogP contribution in [0.25, 0.3) is 11.0 Å². The minimum absolute atomic E-state index is 0.0424. The van der Waals surface area contributed by atoms with Crippen molar-refractivity contribution in [2.75, 3.05) is 27.9 Å². The molecule has 0 saturated heterocycles. The fourth-order valence-corrected chi connectivity index (χ4v) is 6.27. The minimum Gasteiger partial charge on any atom is -0.493 e. The molecule has 1 heterocycles. The summed E-state index contributed by atoms with van der Waals surface area (Å²) >= 11 is 0. The molecule has 238 valence electrons. The van der Waals surface area contributed by atoms with Crippen molar-refractivity contribution in [3.8, 4) is 17.2 Å². The van der Waals surface area contributed by atoms with Gasteiger partial charge in [-0.1, -0.05) is 60.9 Å².